The first-order chi connectivity index (χ1) is 6.86. The van der Waals surface area contributed by atoms with E-state index in [0.717, 1.165) is 37.7 Å². The molecule has 2 heterocycles. The summed E-state index contributed by atoms with van der Waals surface area (Å²) in [5.74, 6) is 0. The number of halogens is 4. The molecular weight excluding hydrogens is 304 g/mol. The molecule has 1 N–H and O–H groups in total. The summed E-state index contributed by atoms with van der Waals surface area (Å²) in [6, 6.07) is 1.99. The van der Waals surface area contributed by atoms with E-state index < -0.39 is 0 Å². The van der Waals surface area contributed by atoms with Crippen LogP contribution in [0.4, 0.5) is 0 Å². The minimum absolute atomic E-state index is 0. The highest BCUT2D eigenvalue weighted by atomic mass is 35.5. The van der Waals surface area contributed by atoms with Gasteiger partial charge in [-0.25, -0.2) is 0 Å². The van der Waals surface area contributed by atoms with Crippen molar-refractivity contribution >= 4 is 48.8 Å². The molecule has 1 aromatic rings. The molecule has 7 heteroatoms. The van der Waals surface area contributed by atoms with Crippen molar-refractivity contribution in [1.29, 1.82) is 0 Å². The summed E-state index contributed by atoms with van der Waals surface area (Å²) < 4.78 is 0. The molecule has 0 aromatic carbocycles. The number of hydrogen-bond acceptors (Lipinski definition) is 3. The van der Waals surface area contributed by atoms with E-state index in [9.17, 15) is 0 Å². The van der Waals surface area contributed by atoms with Crippen LogP contribution in [0.3, 0.4) is 0 Å². The van der Waals surface area contributed by atoms with Gasteiger partial charge in [0.15, 0.2) is 0 Å². The minimum Gasteiger partial charge on any atom is -0.314 e. The van der Waals surface area contributed by atoms with E-state index >= 15 is 0 Å². The van der Waals surface area contributed by atoms with Crippen molar-refractivity contribution in [3.05, 3.63) is 29.0 Å². The van der Waals surface area contributed by atoms with E-state index in [0.29, 0.717) is 0 Å². The molecule has 3 nitrogen and oxygen atoms in total. The first-order valence-corrected chi connectivity index (χ1v) is 5.25. The van der Waals surface area contributed by atoms with Crippen LogP contribution in [0.15, 0.2) is 18.5 Å². The average molecular weight is 321 g/mol. The third kappa shape index (κ3) is 6.09. The zero-order valence-corrected chi connectivity index (χ0v) is 12.5. The summed E-state index contributed by atoms with van der Waals surface area (Å²) >= 11 is 6.04. The monoisotopic (exact) mass is 319 g/mol. The van der Waals surface area contributed by atoms with Crippen molar-refractivity contribution in [1.82, 2.24) is 15.2 Å². The SMILES string of the molecule is Cl.Cl.Cl.Clc1cnccc1CN1CCNCC1. The van der Waals surface area contributed by atoms with Gasteiger partial charge in [0.25, 0.3) is 0 Å². The molecule has 0 aliphatic carbocycles. The van der Waals surface area contributed by atoms with Crippen LogP contribution in [0.2, 0.25) is 5.02 Å². The zero-order valence-electron chi connectivity index (χ0n) is 9.26. The first kappa shape index (κ1) is 19.6. The number of pyridine rings is 1. The summed E-state index contributed by atoms with van der Waals surface area (Å²) in [5, 5.41) is 4.10. The molecule has 1 aromatic heterocycles. The second-order valence-corrected chi connectivity index (χ2v) is 3.90. The van der Waals surface area contributed by atoms with Gasteiger partial charge in [-0.3, -0.25) is 9.88 Å². The Morgan fingerprint density at radius 3 is 2.47 bits per heavy atom. The normalized spacial score (nSPS) is 15.1. The molecule has 0 radical (unpaired) electrons. The Bertz CT molecular complexity index is 305. The average Bonchev–Trinajstić information content (AvgIpc) is 2.23. The highest BCUT2D eigenvalue weighted by Gasteiger charge is 2.11. The summed E-state index contributed by atoms with van der Waals surface area (Å²) in [4.78, 5) is 6.38. The molecule has 17 heavy (non-hydrogen) atoms. The van der Waals surface area contributed by atoms with Gasteiger partial charge in [0.05, 0.1) is 5.02 Å². The van der Waals surface area contributed by atoms with Gasteiger partial charge in [0, 0.05) is 45.1 Å². The molecular formula is C10H17Cl4N3. The van der Waals surface area contributed by atoms with E-state index in [1.165, 1.54) is 5.56 Å². The Morgan fingerprint density at radius 1 is 1.24 bits per heavy atom. The molecule has 1 saturated heterocycles. The molecule has 1 aliphatic rings. The second-order valence-electron chi connectivity index (χ2n) is 3.49. The Hall–Kier alpha value is 0.230. The third-order valence-corrected chi connectivity index (χ3v) is 2.80. The highest BCUT2D eigenvalue weighted by molar-refractivity contribution is 6.31. The molecule has 1 aliphatic heterocycles. The maximum absolute atomic E-state index is 6.04. The minimum atomic E-state index is 0. The number of hydrogen-bond donors (Lipinski definition) is 1. The summed E-state index contributed by atoms with van der Waals surface area (Å²) in [7, 11) is 0. The van der Waals surface area contributed by atoms with Crippen LogP contribution in [-0.2, 0) is 6.54 Å². The molecule has 0 unspecified atom stereocenters. The molecule has 0 bridgehead atoms. The van der Waals surface area contributed by atoms with Crippen LogP contribution in [0.25, 0.3) is 0 Å². The Labute approximate surface area is 126 Å². The summed E-state index contributed by atoms with van der Waals surface area (Å²) in [6.07, 6.45) is 3.50. The Kier molecular flexibility index (Phi) is 11.7. The van der Waals surface area contributed by atoms with Gasteiger partial charge >= 0.3 is 0 Å². The van der Waals surface area contributed by atoms with Gasteiger partial charge in [-0.1, -0.05) is 11.6 Å². The van der Waals surface area contributed by atoms with Crippen molar-refractivity contribution in [2.45, 2.75) is 6.54 Å². The Balaban J connectivity index is 0. The van der Waals surface area contributed by atoms with Crippen molar-refractivity contribution in [2.24, 2.45) is 0 Å². The van der Waals surface area contributed by atoms with E-state index in [-0.39, 0.29) is 37.2 Å². The molecule has 0 spiro atoms. The molecule has 0 saturated carbocycles. The van der Waals surface area contributed by atoms with Crippen LogP contribution in [0.1, 0.15) is 5.56 Å². The molecule has 0 amide bonds. The van der Waals surface area contributed by atoms with Gasteiger partial charge in [-0.2, -0.15) is 0 Å². The van der Waals surface area contributed by atoms with E-state index in [1.54, 1.807) is 12.4 Å². The van der Waals surface area contributed by atoms with Gasteiger partial charge in [0.1, 0.15) is 0 Å². The Morgan fingerprint density at radius 2 is 1.88 bits per heavy atom. The van der Waals surface area contributed by atoms with E-state index in [2.05, 4.69) is 15.2 Å². The lowest BCUT2D eigenvalue weighted by Gasteiger charge is -2.27. The lowest BCUT2D eigenvalue weighted by molar-refractivity contribution is 0.233. The standard InChI is InChI=1S/C10H14ClN3.3ClH/c11-10-7-13-2-1-9(10)8-14-5-3-12-4-6-14;;;/h1-2,7,12H,3-6,8H2;3*1H. The zero-order chi connectivity index (χ0) is 9.80. The quantitative estimate of drug-likeness (QED) is 0.907. The van der Waals surface area contributed by atoms with Gasteiger partial charge in [-0.05, 0) is 11.6 Å². The molecule has 100 valence electrons. The molecule has 0 atom stereocenters. The molecule has 2 rings (SSSR count). The van der Waals surface area contributed by atoms with Gasteiger partial charge < -0.3 is 5.32 Å². The van der Waals surface area contributed by atoms with Crippen LogP contribution < -0.4 is 5.32 Å². The lowest BCUT2D eigenvalue weighted by atomic mass is 10.2. The first-order valence-electron chi connectivity index (χ1n) is 4.88. The topological polar surface area (TPSA) is 28.2 Å². The fourth-order valence-corrected chi connectivity index (χ4v) is 1.82. The van der Waals surface area contributed by atoms with Crippen LogP contribution >= 0.6 is 48.8 Å². The smallest absolute Gasteiger partial charge is 0.0634 e. The third-order valence-electron chi connectivity index (χ3n) is 2.46. The van der Waals surface area contributed by atoms with Crippen LogP contribution in [-0.4, -0.2) is 36.1 Å². The number of nitrogens with one attached hydrogen (secondary N) is 1. The largest absolute Gasteiger partial charge is 0.314 e. The van der Waals surface area contributed by atoms with E-state index in [4.69, 9.17) is 11.6 Å². The number of aromatic nitrogens is 1. The summed E-state index contributed by atoms with van der Waals surface area (Å²) in [6.45, 7) is 5.27. The lowest BCUT2D eigenvalue weighted by Crippen LogP contribution is -2.42. The maximum atomic E-state index is 6.04. The number of piperazine rings is 1. The van der Waals surface area contributed by atoms with Crippen molar-refractivity contribution < 1.29 is 0 Å². The predicted molar refractivity (Wildman–Crippen MR) is 79.1 cm³/mol. The number of nitrogens with zero attached hydrogens (tertiary/aromatic N) is 2. The van der Waals surface area contributed by atoms with Gasteiger partial charge in [-0.15, -0.1) is 37.2 Å². The summed E-state index contributed by atoms with van der Waals surface area (Å²) in [5.41, 5.74) is 1.17. The van der Waals surface area contributed by atoms with Crippen LogP contribution in [0, 0.1) is 0 Å². The van der Waals surface area contributed by atoms with Gasteiger partial charge in [0.2, 0.25) is 0 Å². The number of rotatable bonds is 2. The van der Waals surface area contributed by atoms with Crippen molar-refractivity contribution in [3.8, 4) is 0 Å². The molecule has 1 fully saturated rings. The highest BCUT2D eigenvalue weighted by Crippen LogP contribution is 2.15. The van der Waals surface area contributed by atoms with Crippen molar-refractivity contribution in [2.75, 3.05) is 26.2 Å². The fourth-order valence-electron chi connectivity index (χ4n) is 1.64. The fraction of sp³-hybridized carbons (Fsp3) is 0.500. The van der Waals surface area contributed by atoms with E-state index in [1.807, 2.05) is 6.07 Å². The second kappa shape index (κ2) is 10.2. The maximum Gasteiger partial charge on any atom is 0.0634 e. The predicted octanol–water partition coefficient (Wildman–Crippen LogP) is 2.41. The van der Waals surface area contributed by atoms with Crippen LogP contribution in [0.5, 0.6) is 0 Å². The van der Waals surface area contributed by atoms with Crippen molar-refractivity contribution in [3.63, 3.8) is 0 Å².